The lowest BCUT2D eigenvalue weighted by Crippen LogP contribution is -2.45. The van der Waals surface area contributed by atoms with Crippen LogP contribution in [0.5, 0.6) is 0 Å². The third-order valence-electron chi connectivity index (χ3n) is 6.63. The van der Waals surface area contributed by atoms with Crippen LogP contribution in [0, 0.1) is 17.8 Å². The van der Waals surface area contributed by atoms with Gasteiger partial charge in [0.15, 0.2) is 8.03 Å². The molecule has 0 radical (unpaired) electrons. The van der Waals surface area contributed by atoms with Crippen LogP contribution in [0.4, 0.5) is 4.79 Å². The molecule has 2 aliphatic rings. The maximum Gasteiger partial charge on any atom is 0.407 e. The molecule has 1 N–H and O–H groups in total. The van der Waals surface area contributed by atoms with E-state index in [-0.39, 0.29) is 36.6 Å². The van der Waals surface area contributed by atoms with Crippen molar-refractivity contribution in [2.24, 2.45) is 17.8 Å². The molecule has 0 saturated heterocycles. The molecular formula is C24H44NO6P. The number of hydrogen-bond acceptors (Lipinski definition) is 6. The van der Waals surface area contributed by atoms with Crippen LogP contribution in [0.25, 0.3) is 0 Å². The Balaban J connectivity index is 1.92. The third-order valence-corrected chi connectivity index (χ3v) is 7.89. The first-order valence-corrected chi connectivity index (χ1v) is 13.9. The summed E-state index contributed by atoms with van der Waals surface area (Å²) in [5.41, 5.74) is -0.588. The van der Waals surface area contributed by atoms with E-state index in [0.717, 1.165) is 44.9 Å². The van der Waals surface area contributed by atoms with Crippen molar-refractivity contribution in [1.82, 2.24) is 5.32 Å². The number of nitrogens with one attached hydrogen (secondary N) is 1. The molecule has 0 spiro atoms. The van der Waals surface area contributed by atoms with Gasteiger partial charge < -0.3 is 19.3 Å². The van der Waals surface area contributed by atoms with Crippen molar-refractivity contribution < 1.29 is 28.2 Å². The van der Waals surface area contributed by atoms with Gasteiger partial charge in [-0.05, 0) is 51.9 Å². The topological polar surface area (TPSA) is 90.9 Å². The summed E-state index contributed by atoms with van der Waals surface area (Å²) >= 11 is 0. The largest absolute Gasteiger partial charge is 0.469 e. The Morgan fingerprint density at radius 2 is 1.59 bits per heavy atom. The van der Waals surface area contributed by atoms with Crippen molar-refractivity contribution >= 4 is 20.1 Å². The van der Waals surface area contributed by atoms with Gasteiger partial charge in [0.05, 0.1) is 19.6 Å². The summed E-state index contributed by atoms with van der Waals surface area (Å²) in [6, 6.07) is -0.244. The number of carbonyl (C=O) groups excluding carboxylic acids is 2. The highest BCUT2D eigenvalue weighted by Crippen LogP contribution is 2.35. The molecule has 186 valence electrons. The van der Waals surface area contributed by atoms with E-state index in [1.807, 2.05) is 20.8 Å². The predicted octanol–water partition coefficient (Wildman–Crippen LogP) is 5.71. The number of methoxy groups -OCH3 is 1. The van der Waals surface area contributed by atoms with Gasteiger partial charge in [0, 0.05) is 12.2 Å². The third kappa shape index (κ3) is 10.2. The summed E-state index contributed by atoms with van der Waals surface area (Å²) in [7, 11) is -1.04. The van der Waals surface area contributed by atoms with Gasteiger partial charge in [-0.15, -0.1) is 0 Å². The summed E-state index contributed by atoms with van der Waals surface area (Å²) in [6.45, 7) is 5.60. The summed E-state index contributed by atoms with van der Waals surface area (Å²) < 4.78 is 29.0. The molecule has 2 saturated carbocycles. The quantitative estimate of drug-likeness (QED) is 0.323. The van der Waals surface area contributed by atoms with Crippen LogP contribution >= 0.6 is 8.03 Å². The Hall–Kier alpha value is -1.07. The van der Waals surface area contributed by atoms with Crippen LogP contribution in [-0.4, -0.2) is 43.6 Å². The fraction of sp³-hybridized carbons (Fsp3) is 0.917. The van der Waals surface area contributed by atoms with Crippen molar-refractivity contribution in [1.29, 1.82) is 0 Å². The molecule has 3 unspecified atom stereocenters. The monoisotopic (exact) mass is 473 g/mol. The molecular weight excluding hydrogens is 429 g/mol. The SMILES string of the molecule is COC(=O)C(CO[PH](=O)CC(NC(=O)OC(C)(C)C)C1CCCCC1)CC1CCCCC1. The van der Waals surface area contributed by atoms with Crippen molar-refractivity contribution in [2.75, 3.05) is 19.9 Å². The van der Waals surface area contributed by atoms with E-state index < -0.39 is 19.7 Å². The zero-order valence-electron chi connectivity index (χ0n) is 20.5. The molecule has 0 aromatic carbocycles. The van der Waals surface area contributed by atoms with Crippen LogP contribution in [0.1, 0.15) is 91.4 Å². The average Bonchev–Trinajstić information content (AvgIpc) is 2.75. The van der Waals surface area contributed by atoms with E-state index in [9.17, 15) is 14.2 Å². The van der Waals surface area contributed by atoms with E-state index in [2.05, 4.69) is 5.32 Å². The van der Waals surface area contributed by atoms with Crippen LogP contribution in [0.3, 0.4) is 0 Å². The van der Waals surface area contributed by atoms with E-state index in [4.69, 9.17) is 14.0 Å². The smallest absolute Gasteiger partial charge is 0.407 e. The van der Waals surface area contributed by atoms with Crippen molar-refractivity contribution in [2.45, 2.75) is 103 Å². The van der Waals surface area contributed by atoms with E-state index >= 15 is 0 Å². The first-order chi connectivity index (χ1) is 15.2. The second-order valence-electron chi connectivity index (χ2n) is 10.5. The minimum atomic E-state index is -2.43. The fourth-order valence-corrected chi connectivity index (χ4v) is 6.29. The summed E-state index contributed by atoms with van der Waals surface area (Å²) in [4.78, 5) is 24.7. The molecule has 2 fully saturated rings. The zero-order chi connectivity index (χ0) is 23.6. The molecule has 2 aliphatic carbocycles. The molecule has 7 nitrogen and oxygen atoms in total. The Morgan fingerprint density at radius 3 is 2.16 bits per heavy atom. The minimum Gasteiger partial charge on any atom is -0.469 e. The van der Waals surface area contributed by atoms with Crippen molar-refractivity contribution in [3.05, 3.63) is 0 Å². The van der Waals surface area contributed by atoms with Crippen LogP contribution in [-0.2, 0) is 23.4 Å². The van der Waals surface area contributed by atoms with Gasteiger partial charge in [-0.3, -0.25) is 9.36 Å². The number of carbonyl (C=O) groups is 2. The minimum absolute atomic E-state index is 0.116. The maximum absolute atomic E-state index is 12.9. The molecule has 2 rings (SSSR count). The average molecular weight is 474 g/mol. The van der Waals surface area contributed by atoms with Gasteiger partial charge >= 0.3 is 12.1 Å². The lowest BCUT2D eigenvalue weighted by molar-refractivity contribution is -0.147. The number of amides is 1. The molecule has 3 atom stereocenters. The number of rotatable bonds is 10. The second kappa shape index (κ2) is 13.6. The fourth-order valence-electron chi connectivity index (χ4n) is 4.99. The Kier molecular flexibility index (Phi) is 11.5. The van der Waals surface area contributed by atoms with E-state index in [1.165, 1.54) is 32.8 Å². The highest BCUT2D eigenvalue weighted by atomic mass is 31.1. The van der Waals surface area contributed by atoms with Crippen molar-refractivity contribution in [3.8, 4) is 0 Å². The first-order valence-electron chi connectivity index (χ1n) is 12.4. The number of hydrogen-bond donors (Lipinski definition) is 1. The molecule has 0 aromatic rings. The second-order valence-corrected chi connectivity index (χ2v) is 11.9. The number of ether oxygens (including phenoxy) is 2. The van der Waals surface area contributed by atoms with Gasteiger partial charge in [-0.1, -0.05) is 51.4 Å². The number of alkyl carbamates (subject to hydrolysis) is 1. The van der Waals surface area contributed by atoms with Gasteiger partial charge in [0.2, 0.25) is 0 Å². The lowest BCUT2D eigenvalue weighted by Gasteiger charge is -2.31. The van der Waals surface area contributed by atoms with Gasteiger partial charge in [0.25, 0.3) is 0 Å². The van der Waals surface area contributed by atoms with Crippen LogP contribution in [0.2, 0.25) is 0 Å². The summed E-state index contributed by atoms with van der Waals surface area (Å²) in [5.74, 6) is 0.0973. The molecule has 0 aromatic heterocycles. The van der Waals surface area contributed by atoms with Crippen LogP contribution in [0.15, 0.2) is 0 Å². The highest BCUT2D eigenvalue weighted by Gasteiger charge is 2.30. The molecule has 8 heteroatoms. The van der Waals surface area contributed by atoms with Gasteiger partial charge in [0.1, 0.15) is 5.60 Å². The Labute approximate surface area is 194 Å². The summed E-state index contributed by atoms with van der Waals surface area (Å²) in [6.07, 6.45) is 11.9. The Morgan fingerprint density at radius 1 is 1.00 bits per heavy atom. The zero-order valence-corrected chi connectivity index (χ0v) is 21.5. The molecule has 0 bridgehead atoms. The van der Waals surface area contributed by atoms with Gasteiger partial charge in [-0.25, -0.2) is 4.79 Å². The standard InChI is InChI=1S/C24H44NO6P/c1-24(2,3)31-23(27)25-21(19-13-9-6-10-14-19)17-32(28)30-16-20(22(26)29-4)15-18-11-7-5-8-12-18/h18-21,32H,5-17H2,1-4H3,(H,25,27). The maximum atomic E-state index is 12.9. The van der Waals surface area contributed by atoms with E-state index in [1.54, 1.807) is 0 Å². The highest BCUT2D eigenvalue weighted by molar-refractivity contribution is 7.39. The lowest BCUT2D eigenvalue weighted by atomic mass is 9.83. The summed E-state index contributed by atoms with van der Waals surface area (Å²) in [5, 5.41) is 2.95. The van der Waals surface area contributed by atoms with Crippen LogP contribution < -0.4 is 5.32 Å². The normalized spacial score (nSPS) is 21.4. The molecule has 32 heavy (non-hydrogen) atoms. The predicted molar refractivity (Wildman–Crippen MR) is 126 cm³/mol. The Bertz CT molecular complexity index is 608. The van der Waals surface area contributed by atoms with Crippen molar-refractivity contribution in [3.63, 3.8) is 0 Å². The van der Waals surface area contributed by atoms with Gasteiger partial charge in [-0.2, -0.15) is 0 Å². The molecule has 0 aliphatic heterocycles. The molecule has 0 heterocycles. The molecule has 1 amide bonds. The number of esters is 1. The van der Waals surface area contributed by atoms with E-state index in [0.29, 0.717) is 5.92 Å². The first kappa shape index (κ1) is 27.2.